The Bertz CT molecular complexity index is 3540. The number of hydrogen-bond acceptors (Lipinski definition) is 4. The maximum Gasteiger partial charge on any atom is 0.160 e. The molecule has 62 heavy (non-hydrogen) atoms. The van der Waals surface area contributed by atoms with Gasteiger partial charge in [0.2, 0.25) is 0 Å². The van der Waals surface area contributed by atoms with Crippen LogP contribution in [0.3, 0.4) is 0 Å². The van der Waals surface area contributed by atoms with Gasteiger partial charge < -0.3 is 0 Å². The minimum Gasteiger partial charge on any atom is -0.256 e. The van der Waals surface area contributed by atoms with Gasteiger partial charge in [-0.2, -0.15) is 0 Å². The van der Waals surface area contributed by atoms with Gasteiger partial charge in [-0.3, -0.25) is 9.97 Å². The van der Waals surface area contributed by atoms with Crippen LogP contribution < -0.4 is 0 Å². The highest BCUT2D eigenvalue weighted by Crippen LogP contribution is 2.45. The van der Waals surface area contributed by atoms with E-state index in [1.165, 1.54) is 49.0 Å². The van der Waals surface area contributed by atoms with Gasteiger partial charge in [0.25, 0.3) is 0 Å². The lowest BCUT2D eigenvalue weighted by atomic mass is 9.85. The Kier molecular flexibility index (Phi) is 8.60. The summed E-state index contributed by atoms with van der Waals surface area (Å²) in [7, 11) is 0. The van der Waals surface area contributed by atoms with E-state index in [0.717, 1.165) is 79.8 Å². The van der Waals surface area contributed by atoms with E-state index in [1.54, 1.807) is 0 Å². The van der Waals surface area contributed by atoms with Crippen LogP contribution >= 0.6 is 0 Å². The molecule has 0 atom stereocenters. The lowest BCUT2D eigenvalue weighted by Crippen LogP contribution is -2.00. The number of hydrogen-bond donors (Lipinski definition) is 0. The molecule has 4 nitrogen and oxygen atoms in total. The number of fused-ring (bicyclic) bond motifs is 7. The summed E-state index contributed by atoms with van der Waals surface area (Å²) >= 11 is 0. The Labute approximate surface area is 359 Å². The van der Waals surface area contributed by atoms with E-state index < -0.39 is 0 Å². The van der Waals surface area contributed by atoms with Crippen LogP contribution in [-0.4, -0.2) is 19.9 Å². The number of aromatic nitrogens is 4. The number of pyridine rings is 2. The molecule has 11 aromatic rings. The third-order valence-electron chi connectivity index (χ3n) is 12.4. The molecule has 0 bridgehead atoms. The lowest BCUT2D eigenvalue weighted by Gasteiger charge is -2.20. The van der Waals surface area contributed by atoms with E-state index in [-0.39, 0.29) is 0 Å². The van der Waals surface area contributed by atoms with Crippen molar-refractivity contribution in [1.82, 2.24) is 19.9 Å². The van der Waals surface area contributed by atoms with Gasteiger partial charge in [0.15, 0.2) is 5.82 Å². The molecule has 0 fully saturated rings. The average molecular weight is 791 g/mol. The quantitative estimate of drug-likeness (QED) is 0.157. The smallest absolute Gasteiger partial charge is 0.160 e. The zero-order valence-electron chi connectivity index (χ0n) is 33.8. The number of aryl methyl sites for hydroxylation is 1. The molecule has 12 rings (SSSR count). The van der Waals surface area contributed by atoms with Crippen LogP contribution in [0.1, 0.15) is 17.5 Å². The molecule has 3 aromatic heterocycles. The van der Waals surface area contributed by atoms with E-state index in [4.69, 9.17) is 9.97 Å². The minimum atomic E-state index is 0.664. The van der Waals surface area contributed by atoms with Crippen molar-refractivity contribution in [3.63, 3.8) is 0 Å². The minimum absolute atomic E-state index is 0.664. The fraction of sp³-hybridized carbons (Fsp3) is 0.0345. The molecular formula is C58H38N4. The van der Waals surface area contributed by atoms with Crippen LogP contribution in [0.2, 0.25) is 0 Å². The largest absolute Gasteiger partial charge is 0.256 e. The van der Waals surface area contributed by atoms with Gasteiger partial charge in [0, 0.05) is 45.6 Å². The molecule has 0 saturated carbocycles. The molecule has 4 heteroatoms. The zero-order valence-corrected chi connectivity index (χ0v) is 33.8. The highest BCUT2D eigenvalue weighted by atomic mass is 14.9. The van der Waals surface area contributed by atoms with Crippen LogP contribution in [0.25, 0.3) is 117 Å². The third kappa shape index (κ3) is 6.15. The first-order chi connectivity index (χ1) is 30.7. The number of allylic oxidation sites excluding steroid dienone is 1. The predicted molar refractivity (Wildman–Crippen MR) is 258 cm³/mol. The molecule has 1 aliphatic carbocycles. The average Bonchev–Trinajstić information content (AvgIpc) is 3.36. The van der Waals surface area contributed by atoms with Crippen molar-refractivity contribution in [2.75, 3.05) is 0 Å². The predicted octanol–water partition coefficient (Wildman–Crippen LogP) is 14.8. The molecule has 290 valence electrons. The summed E-state index contributed by atoms with van der Waals surface area (Å²) in [6.07, 6.45) is 10.4. The van der Waals surface area contributed by atoms with Crippen LogP contribution in [-0.2, 0) is 6.42 Å². The van der Waals surface area contributed by atoms with E-state index in [2.05, 4.69) is 168 Å². The monoisotopic (exact) mass is 790 g/mol. The van der Waals surface area contributed by atoms with Gasteiger partial charge in [0.05, 0.1) is 22.6 Å². The maximum atomic E-state index is 5.58. The Morgan fingerprint density at radius 2 is 0.984 bits per heavy atom. The molecule has 0 unspecified atom stereocenters. The molecule has 0 spiro atoms. The number of nitrogens with zero attached hydrogens (tertiary/aromatic N) is 4. The SMILES string of the molecule is C1=Cc2cc(-c3cc(-c4cc5ccccc5c5ccccc45)c4nc(-c5ccc(-c6ccccn6)cc5)nc(-c5ccc(-c6ccccn6)cc5)c4c3)c3ccccc3c2CC1. The van der Waals surface area contributed by atoms with Crippen molar-refractivity contribution < 1.29 is 0 Å². The van der Waals surface area contributed by atoms with Gasteiger partial charge in [0.1, 0.15) is 0 Å². The fourth-order valence-corrected chi connectivity index (χ4v) is 9.44. The van der Waals surface area contributed by atoms with Crippen LogP contribution in [0.5, 0.6) is 0 Å². The Balaban J connectivity index is 1.18. The zero-order chi connectivity index (χ0) is 41.0. The first kappa shape index (κ1) is 35.8. The second-order valence-corrected chi connectivity index (χ2v) is 16.1. The van der Waals surface area contributed by atoms with Crippen LogP contribution in [0.4, 0.5) is 0 Å². The van der Waals surface area contributed by atoms with Gasteiger partial charge in [-0.1, -0.05) is 146 Å². The first-order valence-electron chi connectivity index (χ1n) is 21.3. The molecule has 8 aromatic carbocycles. The van der Waals surface area contributed by atoms with E-state index in [0.29, 0.717) is 5.82 Å². The van der Waals surface area contributed by atoms with Gasteiger partial charge in [-0.05, 0) is 122 Å². The molecule has 1 aliphatic rings. The summed E-state index contributed by atoms with van der Waals surface area (Å²) < 4.78 is 0. The van der Waals surface area contributed by atoms with E-state index >= 15 is 0 Å². The lowest BCUT2D eigenvalue weighted by molar-refractivity contribution is 0.997. The van der Waals surface area contributed by atoms with Gasteiger partial charge >= 0.3 is 0 Å². The normalized spacial score (nSPS) is 12.3. The summed E-state index contributed by atoms with van der Waals surface area (Å²) in [5.74, 6) is 0.664. The summed E-state index contributed by atoms with van der Waals surface area (Å²) in [4.78, 5) is 20.3. The van der Waals surface area contributed by atoms with Gasteiger partial charge in [-0.15, -0.1) is 0 Å². The molecule has 0 amide bonds. The molecular weight excluding hydrogens is 753 g/mol. The topological polar surface area (TPSA) is 51.6 Å². The Hall–Kier alpha value is -8.08. The molecule has 0 radical (unpaired) electrons. The highest BCUT2D eigenvalue weighted by Gasteiger charge is 2.22. The number of rotatable bonds is 6. The Morgan fingerprint density at radius 1 is 0.387 bits per heavy atom. The van der Waals surface area contributed by atoms with Crippen LogP contribution in [0, 0.1) is 0 Å². The van der Waals surface area contributed by atoms with E-state index in [1.807, 2.05) is 48.8 Å². The summed E-state index contributed by atoms with van der Waals surface area (Å²) in [5.41, 5.74) is 14.9. The van der Waals surface area contributed by atoms with Crippen molar-refractivity contribution in [2.45, 2.75) is 12.8 Å². The summed E-state index contributed by atoms with van der Waals surface area (Å²) in [6.45, 7) is 0. The van der Waals surface area contributed by atoms with E-state index in [9.17, 15) is 0 Å². The van der Waals surface area contributed by atoms with Crippen molar-refractivity contribution in [3.05, 3.63) is 212 Å². The maximum absolute atomic E-state index is 5.58. The van der Waals surface area contributed by atoms with Crippen molar-refractivity contribution >= 4 is 49.3 Å². The molecule has 0 N–H and O–H groups in total. The molecule has 0 saturated heterocycles. The van der Waals surface area contributed by atoms with Crippen molar-refractivity contribution in [2.24, 2.45) is 0 Å². The fourth-order valence-electron chi connectivity index (χ4n) is 9.44. The van der Waals surface area contributed by atoms with Crippen LogP contribution in [0.15, 0.2) is 200 Å². The van der Waals surface area contributed by atoms with Gasteiger partial charge in [-0.25, -0.2) is 9.97 Å². The number of benzene rings is 8. The second-order valence-electron chi connectivity index (χ2n) is 16.1. The molecule has 3 heterocycles. The second kappa shape index (κ2) is 14.9. The highest BCUT2D eigenvalue weighted by molar-refractivity contribution is 6.17. The standard InChI is InChI=1S/C58H38N4/c1-3-15-44-41(13-1)33-50(48-19-7-5-17-46(44)48)43-35-52(51-34-42-14-2-4-16-45(42)47-18-6-8-20-49(47)51)57-53(36-43)56(39-27-23-37(24-28-39)54-21-9-11-31-59-54)61-58(62-57)40-29-25-38(26-30-40)55-22-10-12-32-60-55/h1-2,4-14,16-36H,3,15H2. The first-order valence-corrected chi connectivity index (χ1v) is 21.3. The van der Waals surface area contributed by atoms with Crippen molar-refractivity contribution in [3.8, 4) is 67.4 Å². The van der Waals surface area contributed by atoms with Crippen molar-refractivity contribution in [1.29, 1.82) is 0 Å². The summed E-state index contributed by atoms with van der Waals surface area (Å²) in [5, 5.41) is 8.38. The summed E-state index contributed by atoms with van der Waals surface area (Å²) in [6, 6.07) is 65.0. The molecule has 0 aliphatic heterocycles. The Morgan fingerprint density at radius 3 is 1.68 bits per heavy atom. The third-order valence-corrected chi connectivity index (χ3v) is 12.4.